The first-order chi connectivity index (χ1) is 14.7. The second-order valence-electron chi connectivity index (χ2n) is 7.34. The van der Waals surface area contributed by atoms with Crippen molar-refractivity contribution in [3.05, 3.63) is 0 Å². The van der Waals surface area contributed by atoms with Crippen molar-refractivity contribution in [1.29, 1.82) is 0 Å². The number of halogens is 12. The molecule has 0 rings (SSSR count). The van der Waals surface area contributed by atoms with E-state index in [1.807, 2.05) is 0 Å². The number of carbonyl (C=O) groups excluding carboxylic acids is 2. The quantitative estimate of drug-likeness (QED) is 0.152. The van der Waals surface area contributed by atoms with Crippen molar-refractivity contribution in [3.63, 3.8) is 0 Å². The van der Waals surface area contributed by atoms with E-state index >= 15 is 0 Å². The Morgan fingerprint density at radius 1 is 0.611 bits per heavy atom. The minimum atomic E-state index is -6.10. The average molecular weight is 578 g/mol. The number of rotatable bonds is 15. The molecule has 0 spiro atoms. The molecule has 0 saturated heterocycles. The van der Waals surface area contributed by atoms with Crippen LogP contribution in [0.3, 0.4) is 0 Å². The molecule has 0 amide bonds. The topological polar surface area (TPSA) is 98.7 Å². The molecule has 20 heteroatoms. The van der Waals surface area contributed by atoms with Gasteiger partial charge in [-0.1, -0.05) is 0 Å². The van der Waals surface area contributed by atoms with Crippen LogP contribution in [0.15, 0.2) is 0 Å². The molecule has 0 radical (unpaired) electrons. The van der Waals surface area contributed by atoms with Gasteiger partial charge in [0.15, 0.2) is 0 Å². The van der Waals surface area contributed by atoms with Crippen molar-refractivity contribution in [3.8, 4) is 0 Å². The molecular weight excluding hydrogens is 562 g/mol. The maximum atomic E-state index is 14.0. The maximum Gasteiger partial charge on any atom is 1.00 e. The van der Waals surface area contributed by atoms with Gasteiger partial charge in [-0.25, -0.2) is 0 Å². The van der Waals surface area contributed by atoms with E-state index in [-0.39, 0.29) is 59.1 Å². The first kappa shape index (κ1) is 40.5. The molecule has 2 unspecified atom stereocenters. The van der Waals surface area contributed by atoms with Crippen molar-refractivity contribution < 1.29 is 141 Å². The zero-order valence-corrected chi connectivity index (χ0v) is 23.0. The summed E-state index contributed by atoms with van der Waals surface area (Å²) in [6, 6.07) is 0. The Hall–Kier alpha value is 0.0200. The summed E-state index contributed by atoms with van der Waals surface area (Å²) in [4.78, 5) is 21.6. The van der Waals surface area contributed by atoms with Gasteiger partial charge in [-0.3, -0.25) is 9.47 Å². The number of hydrogen-bond acceptors (Lipinski definition) is 6. The first-order valence-corrected chi connectivity index (χ1v) is 8.78. The molecule has 0 saturated carbocycles. The van der Waals surface area contributed by atoms with Gasteiger partial charge < -0.3 is 19.8 Å². The molecule has 36 heavy (non-hydrogen) atoms. The van der Waals surface area contributed by atoms with Crippen LogP contribution in [0.5, 0.6) is 0 Å². The first-order valence-electron chi connectivity index (χ1n) is 8.78. The van der Waals surface area contributed by atoms with Crippen molar-refractivity contribution in [2.45, 2.75) is 75.8 Å². The van der Waals surface area contributed by atoms with E-state index < -0.39 is 99.6 Å². The van der Waals surface area contributed by atoms with E-state index in [4.69, 9.17) is 0 Å². The minimum absolute atomic E-state index is 0. The van der Waals surface area contributed by atoms with Crippen molar-refractivity contribution in [1.82, 2.24) is 0 Å². The number of ether oxygens (including phenoxy) is 2. The molecule has 0 fully saturated rings. The Kier molecular flexibility index (Phi) is 15.6. The smallest absolute Gasteiger partial charge is 0.550 e. The summed E-state index contributed by atoms with van der Waals surface area (Å²) in [6.45, 7) is -0.804. The van der Waals surface area contributed by atoms with Gasteiger partial charge in [0.25, 0.3) is 0 Å². The summed E-state index contributed by atoms with van der Waals surface area (Å²) < 4.78 is 166. The summed E-state index contributed by atoms with van der Waals surface area (Å²) >= 11 is 0. The van der Waals surface area contributed by atoms with Crippen LogP contribution < -0.4 is 69.3 Å². The van der Waals surface area contributed by atoms with Gasteiger partial charge in [0, 0.05) is 38.6 Å². The van der Waals surface area contributed by atoms with Gasteiger partial charge in [0.1, 0.15) is 0 Å². The maximum absolute atomic E-state index is 14.0. The van der Waals surface area contributed by atoms with E-state index in [9.17, 15) is 72.5 Å². The van der Waals surface area contributed by atoms with E-state index in [0.717, 1.165) is 0 Å². The number of carboxylic acid groups (broad SMARTS) is 2. The molecular formula is C16H16F12Na2O6. The summed E-state index contributed by atoms with van der Waals surface area (Å²) in [5.74, 6) is -22.3. The predicted molar refractivity (Wildman–Crippen MR) is 78.7 cm³/mol. The fourth-order valence-electron chi connectivity index (χ4n) is 2.73. The second-order valence-corrected chi connectivity index (χ2v) is 7.34. The Labute approximate surface area is 239 Å². The number of alkyl halides is 12. The third kappa shape index (κ3) is 13.7. The monoisotopic (exact) mass is 578 g/mol. The van der Waals surface area contributed by atoms with Crippen LogP contribution in [-0.2, 0) is 19.1 Å². The van der Waals surface area contributed by atoms with E-state index in [0.29, 0.717) is 0 Å². The Balaban J connectivity index is -0.00000544. The molecule has 0 heterocycles. The third-order valence-electron chi connectivity index (χ3n) is 4.03. The van der Waals surface area contributed by atoms with Crippen LogP contribution in [0.25, 0.3) is 0 Å². The molecule has 0 aliphatic carbocycles. The van der Waals surface area contributed by atoms with Crippen LogP contribution in [0.1, 0.15) is 39.5 Å². The van der Waals surface area contributed by atoms with Crippen LogP contribution in [0, 0.1) is 11.8 Å². The fraction of sp³-hybridized carbons (Fsp3) is 0.875. The number of carbonyl (C=O) groups is 2. The normalized spacial score (nSPS) is 15.4. The van der Waals surface area contributed by atoms with Crippen molar-refractivity contribution in [2.24, 2.45) is 11.8 Å². The van der Waals surface area contributed by atoms with Crippen LogP contribution in [0.4, 0.5) is 52.7 Å². The van der Waals surface area contributed by atoms with Crippen molar-refractivity contribution >= 4 is 11.9 Å². The SMILES string of the molecule is CC(F)(F)OC(F)(F)C(F)(F)CC(CC(=O)[O-])C(CC(=O)[O-])CC(F)(F)C(F)(F)OC(C)(F)F.[Na+].[Na+]. The van der Waals surface area contributed by atoms with Gasteiger partial charge in [0.05, 0.1) is 0 Å². The number of carboxylic acids is 2. The molecule has 6 nitrogen and oxygen atoms in total. The number of hydrogen-bond donors (Lipinski definition) is 0. The minimum Gasteiger partial charge on any atom is -0.550 e. The average Bonchev–Trinajstić information content (AvgIpc) is 2.46. The van der Waals surface area contributed by atoms with Gasteiger partial charge in [-0.05, 0) is 24.7 Å². The molecule has 0 aliphatic heterocycles. The molecule has 0 bridgehead atoms. The molecule has 2 atom stereocenters. The summed E-state index contributed by atoms with van der Waals surface area (Å²) in [5, 5.41) is 21.6. The molecule has 0 aromatic carbocycles. The zero-order valence-electron chi connectivity index (χ0n) is 19.0. The Morgan fingerprint density at radius 2 is 0.833 bits per heavy atom. The molecule has 0 aromatic rings. The van der Waals surface area contributed by atoms with E-state index in [1.165, 1.54) is 0 Å². The van der Waals surface area contributed by atoms with Gasteiger partial charge in [-0.2, -0.15) is 52.7 Å². The van der Waals surface area contributed by atoms with E-state index in [1.54, 1.807) is 0 Å². The summed E-state index contributed by atoms with van der Waals surface area (Å²) in [7, 11) is 0. The van der Waals surface area contributed by atoms with Crippen molar-refractivity contribution in [2.75, 3.05) is 0 Å². The summed E-state index contributed by atoms with van der Waals surface area (Å²) in [5.41, 5.74) is 0. The summed E-state index contributed by atoms with van der Waals surface area (Å²) in [6.07, 6.45) is -31.2. The molecule has 0 aliphatic rings. The standard InChI is InChI=1S/C16H18F12O6.2Na/c1-11(17,18)33-15(25,26)13(21,22)5-7(3-9(29)30)8(4-10(31)32)6-14(23,24)16(27,28)34-12(2,19)20;;/h7-8H,3-6H2,1-2H3,(H,29,30)(H,31,32);;/q;2*+1/p-2. The van der Waals surface area contributed by atoms with Gasteiger partial charge in [-0.15, -0.1) is 0 Å². The molecule has 0 aromatic heterocycles. The Morgan fingerprint density at radius 3 is 1.00 bits per heavy atom. The Bertz CT molecular complexity index is 667. The van der Waals surface area contributed by atoms with Gasteiger partial charge in [0.2, 0.25) is 0 Å². The second kappa shape index (κ2) is 13.9. The fourth-order valence-corrected chi connectivity index (χ4v) is 2.73. The molecule has 202 valence electrons. The third-order valence-corrected chi connectivity index (χ3v) is 4.03. The molecule has 0 N–H and O–H groups in total. The predicted octanol–water partition coefficient (Wildman–Crippen LogP) is -3.00. The van der Waals surface area contributed by atoms with Crippen LogP contribution in [0.2, 0.25) is 0 Å². The van der Waals surface area contributed by atoms with Crippen LogP contribution in [-0.4, -0.2) is 48.2 Å². The largest absolute Gasteiger partial charge is 1.00 e. The van der Waals surface area contributed by atoms with E-state index in [2.05, 4.69) is 9.47 Å². The van der Waals surface area contributed by atoms with Crippen LogP contribution >= 0.6 is 0 Å². The van der Waals surface area contributed by atoms with Gasteiger partial charge >= 0.3 is 95.4 Å². The zero-order chi connectivity index (χ0) is 27.6. The number of aliphatic carboxylic acids is 2.